The van der Waals surface area contributed by atoms with Crippen LogP contribution in [-0.2, 0) is 4.74 Å². The minimum atomic E-state index is -0.669. The number of hydrogen-bond donors (Lipinski definition) is 1. The second-order valence-electron chi connectivity index (χ2n) is 3.65. The maximum atomic E-state index is 11.5. The smallest absolute Gasteiger partial charge is 0.396 e. The molecule has 0 spiro atoms. The lowest BCUT2D eigenvalue weighted by molar-refractivity contribution is 0.0475. The highest BCUT2D eigenvalue weighted by Crippen LogP contribution is 2.26. The predicted octanol–water partition coefficient (Wildman–Crippen LogP) is 1.15. The first-order chi connectivity index (χ1) is 10.1. The monoisotopic (exact) mass is 308 g/mol. The second-order valence-corrected chi connectivity index (χ2v) is 4.68. The molecule has 21 heavy (non-hydrogen) atoms. The van der Waals surface area contributed by atoms with Crippen LogP contribution < -0.4 is 5.32 Å². The molecule has 2 heterocycles. The number of ether oxygens (including phenoxy) is 1. The number of carbonyl (C=O) groups excluding carboxylic acids is 2. The van der Waals surface area contributed by atoms with E-state index in [1.54, 1.807) is 19.1 Å². The topological polar surface area (TPSA) is 107 Å². The molecule has 0 saturated heterocycles. The van der Waals surface area contributed by atoms with E-state index in [4.69, 9.17) is 9.15 Å². The van der Waals surface area contributed by atoms with Gasteiger partial charge in [0.2, 0.25) is 0 Å². The van der Waals surface area contributed by atoms with Crippen LogP contribution in [0.3, 0.4) is 0 Å². The summed E-state index contributed by atoms with van der Waals surface area (Å²) in [5.41, 5.74) is 0.271. The van der Waals surface area contributed by atoms with Crippen LogP contribution in [0.5, 0.6) is 0 Å². The predicted molar refractivity (Wildman–Crippen MR) is 72.0 cm³/mol. The number of esters is 1. The van der Waals surface area contributed by atoms with E-state index in [-0.39, 0.29) is 29.3 Å². The molecule has 1 amide bonds. The van der Waals surface area contributed by atoms with Crippen LogP contribution in [0.1, 0.15) is 28.1 Å². The van der Waals surface area contributed by atoms with Gasteiger partial charge in [-0.3, -0.25) is 9.78 Å². The van der Waals surface area contributed by atoms with Crippen LogP contribution >= 0.6 is 11.8 Å². The Kier molecular flexibility index (Phi) is 4.88. The SMILES string of the molecule is CCOC(=O)c1nnc(Sc2ccnc(C(=O)NC)c2)o1. The number of rotatable bonds is 5. The lowest BCUT2D eigenvalue weighted by atomic mass is 10.3. The van der Waals surface area contributed by atoms with E-state index in [1.807, 2.05) is 0 Å². The molecular formula is C12H12N4O4S. The summed E-state index contributed by atoms with van der Waals surface area (Å²) in [5.74, 6) is -1.17. The summed E-state index contributed by atoms with van der Waals surface area (Å²) >= 11 is 1.12. The Balaban J connectivity index is 2.12. The zero-order valence-corrected chi connectivity index (χ0v) is 12.1. The van der Waals surface area contributed by atoms with E-state index in [0.717, 1.165) is 11.8 Å². The summed E-state index contributed by atoms with van der Waals surface area (Å²) in [6.45, 7) is 1.91. The highest BCUT2D eigenvalue weighted by Gasteiger charge is 2.17. The van der Waals surface area contributed by atoms with Gasteiger partial charge in [0.25, 0.3) is 11.1 Å². The highest BCUT2D eigenvalue weighted by molar-refractivity contribution is 7.99. The fraction of sp³-hybridized carbons (Fsp3) is 0.250. The van der Waals surface area contributed by atoms with Gasteiger partial charge in [0.1, 0.15) is 5.69 Å². The molecule has 0 aliphatic heterocycles. The first kappa shape index (κ1) is 15.0. The van der Waals surface area contributed by atoms with Gasteiger partial charge >= 0.3 is 11.9 Å². The third kappa shape index (κ3) is 3.78. The zero-order valence-electron chi connectivity index (χ0n) is 11.3. The first-order valence-corrected chi connectivity index (χ1v) is 6.82. The van der Waals surface area contributed by atoms with Crippen LogP contribution in [-0.4, -0.2) is 40.7 Å². The molecule has 9 heteroatoms. The maximum absolute atomic E-state index is 11.5. The van der Waals surface area contributed by atoms with Crippen LogP contribution in [0.4, 0.5) is 0 Å². The van der Waals surface area contributed by atoms with Crippen molar-refractivity contribution in [3.63, 3.8) is 0 Å². The lowest BCUT2D eigenvalue weighted by Gasteiger charge is -2.00. The van der Waals surface area contributed by atoms with E-state index in [2.05, 4.69) is 20.5 Å². The fourth-order valence-corrected chi connectivity index (χ4v) is 2.06. The summed E-state index contributed by atoms with van der Waals surface area (Å²) in [7, 11) is 1.52. The Bertz CT molecular complexity index is 658. The zero-order chi connectivity index (χ0) is 15.2. The highest BCUT2D eigenvalue weighted by atomic mass is 32.2. The maximum Gasteiger partial charge on any atom is 0.396 e. The number of aromatic nitrogens is 3. The molecule has 8 nitrogen and oxygen atoms in total. The number of nitrogens with one attached hydrogen (secondary N) is 1. The van der Waals surface area contributed by atoms with Crippen LogP contribution in [0.2, 0.25) is 0 Å². The summed E-state index contributed by atoms with van der Waals surface area (Å²) < 4.78 is 9.92. The lowest BCUT2D eigenvalue weighted by Crippen LogP contribution is -2.18. The molecule has 0 fully saturated rings. The van der Waals surface area contributed by atoms with Crippen molar-refractivity contribution in [3.05, 3.63) is 29.9 Å². The summed E-state index contributed by atoms with van der Waals surface area (Å²) in [6, 6.07) is 3.27. The quantitative estimate of drug-likeness (QED) is 0.820. The third-order valence-corrected chi connectivity index (χ3v) is 3.08. The normalized spacial score (nSPS) is 10.2. The Labute approximate surface area is 124 Å². The van der Waals surface area contributed by atoms with Gasteiger partial charge in [0, 0.05) is 18.1 Å². The molecule has 0 aliphatic rings. The molecule has 2 aromatic rings. The minimum Gasteiger partial charge on any atom is -0.459 e. The van der Waals surface area contributed by atoms with E-state index in [9.17, 15) is 9.59 Å². The van der Waals surface area contributed by atoms with Gasteiger partial charge in [0.15, 0.2) is 0 Å². The fourth-order valence-electron chi connectivity index (χ4n) is 1.35. The van der Waals surface area contributed by atoms with Crippen molar-refractivity contribution in [1.82, 2.24) is 20.5 Å². The Hall–Kier alpha value is -2.42. The molecule has 110 valence electrons. The number of nitrogens with zero attached hydrogens (tertiary/aromatic N) is 3. The number of carbonyl (C=O) groups is 2. The Morgan fingerprint density at radius 1 is 1.43 bits per heavy atom. The molecule has 0 unspecified atom stereocenters. The van der Waals surface area contributed by atoms with E-state index in [0.29, 0.717) is 4.90 Å². The van der Waals surface area contributed by atoms with Crippen molar-refractivity contribution in [2.45, 2.75) is 17.0 Å². The van der Waals surface area contributed by atoms with Gasteiger partial charge in [-0.1, -0.05) is 5.10 Å². The molecule has 1 N–H and O–H groups in total. The summed E-state index contributed by atoms with van der Waals surface area (Å²) in [5, 5.41) is 9.99. The average molecular weight is 308 g/mol. The number of pyridine rings is 1. The van der Waals surface area contributed by atoms with Crippen molar-refractivity contribution >= 4 is 23.6 Å². The minimum absolute atomic E-state index is 0.173. The number of amides is 1. The van der Waals surface area contributed by atoms with E-state index >= 15 is 0 Å². The van der Waals surface area contributed by atoms with Gasteiger partial charge in [-0.25, -0.2) is 4.79 Å². The van der Waals surface area contributed by atoms with Crippen molar-refractivity contribution in [2.24, 2.45) is 0 Å². The van der Waals surface area contributed by atoms with Crippen LogP contribution in [0.15, 0.2) is 32.9 Å². The van der Waals surface area contributed by atoms with Crippen molar-refractivity contribution in [2.75, 3.05) is 13.7 Å². The summed E-state index contributed by atoms with van der Waals surface area (Å²) in [4.78, 5) is 27.5. The first-order valence-electron chi connectivity index (χ1n) is 6.00. The van der Waals surface area contributed by atoms with Gasteiger partial charge in [-0.2, -0.15) is 0 Å². The molecule has 0 aromatic carbocycles. The molecular weight excluding hydrogens is 296 g/mol. The Morgan fingerprint density at radius 2 is 2.24 bits per heavy atom. The van der Waals surface area contributed by atoms with Crippen LogP contribution in [0, 0.1) is 0 Å². The van der Waals surface area contributed by atoms with Crippen LogP contribution in [0.25, 0.3) is 0 Å². The van der Waals surface area contributed by atoms with Gasteiger partial charge in [-0.05, 0) is 30.8 Å². The largest absolute Gasteiger partial charge is 0.459 e. The van der Waals surface area contributed by atoms with Gasteiger partial charge < -0.3 is 14.5 Å². The molecule has 2 aromatic heterocycles. The molecule has 0 atom stereocenters. The third-order valence-electron chi connectivity index (χ3n) is 2.25. The molecule has 0 saturated carbocycles. The van der Waals surface area contributed by atoms with E-state index < -0.39 is 5.97 Å². The average Bonchev–Trinajstić information content (AvgIpc) is 2.95. The van der Waals surface area contributed by atoms with Gasteiger partial charge in [0.05, 0.1) is 6.61 Å². The Morgan fingerprint density at radius 3 is 2.95 bits per heavy atom. The van der Waals surface area contributed by atoms with Crippen molar-refractivity contribution in [3.8, 4) is 0 Å². The van der Waals surface area contributed by atoms with Crippen molar-refractivity contribution < 1.29 is 18.7 Å². The number of hydrogen-bond acceptors (Lipinski definition) is 8. The second kappa shape index (κ2) is 6.84. The molecule has 2 rings (SSSR count). The molecule has 0 bridgehead atoms. The molecule has 0 aliphatic carbocycles. The van der Waals surface area contributed by atoms with Crippen molar-refractivity contribution in [1.29, 1.82) is 0 Å². The van der Waals surface area contributed by atoms with E-state index in [1.165, 1.54) is 13.2 Å². The summed E-state index contributed by atoms with van der Waals surface area (Å²) in [6.07, 6.45) is 1.50. The standard InChI is InChI=1S/C12H12N4O4S/c1-3-19-11(18)10-15-16-12(20-10)21-7-4-5-14-8(6-7)9(17)13-2/h4-6H,3H2,1-2H3,(H,13,17). The molecule has 0 radical (unpaired) electrons. The van der Waals surface area contributed by atoms with Gasteiger partial charge in [-0.15, -0.1) is 5.10 Å².